The van der Waals surface area contributed by atoms with Gasteiger partial charge in [0.05, 0.1) is 33.0 Å². The summed E-state index contributed by atoms with van der Waals surface area (Å²) < 4.78 is 33.3. The minimum absolute atomic E-state index is 0.326. The van der Waals surface area contributed by atoms with Gasteiger partial charge >= 0.3 is 0 Å². The fourth-order valence-electron chi connectivity index (χ4n) is 5.36. The van der Waals surface area contributed by atoms with Gasteiger partial charge in [0.1, 0.15) is 35.5 Å². The quantitative estimate of drug-likeness (QED) is 0.130. The van der Waals surface area contributed by atoms with Crippen LogP contribution in [0.5, 0.6) is 0 Å². The number of nitrogens with zero attached hydrogens (tertiary/aromatic N) is 1. The molecule has 1 aliphatic rings. The summed E-state index contributed by atoms with van der Waals surface area (Å²) in [6, 6.07) is 40.7. The van der Waals surface area contributed by atoms with Gasteiger partial charge in [-0.05, 0) is 22.3 Å². The topological polar surface area (TPSA) is 59.0 Å². The molecule has 5 aromatic rings. The molecule has 44 heavy (non-hydrogen) atoms. The van der Waals surface area contributed by atoms with E-state index in [1.807, 2.05) is 78.2 Å². The number of hydrogen-bond acceptors (Lipinski definition) is 7. The highest BCUT2D eigenvalue weighted by molar-refractivity contribution is 7.09. The molecule has 0 unspecified atom stereocenters. The summed E-state index contributed by atoms with van der Waals surface area (Å²) in [4.78, 5) is 4.66. The molecule has 226 valence electrons. The molecular formula is C37H37NO5S. The third kappa shape index (κ3) is 8.27. The highest BCUT2D eigenvalue weighted by Gasteiger charge is 2.49. The second-order valence-corrected chi connectivity index (χ2v) is 11.7. The Labute approximate surface area is 263 Å². The molecule has 0 spiro atoms. The third-order valence-corrected chi connectivity index (χ3v) is 8.42. The van der Waals surface area contributed by atoms with Crippen LogP contribution in [0.15, 0.2) is 133 Å². The Morgan fingerprint density at radius 3 is 1.48 bits per heavy atom. The van der Waals surface area contributed by atoms with Gasteiger partial charge in [-0.1, -0.05) is 121 Å². The summed E-state index contributed by atoms with van der Waals surface area (Å²) in [7, 11) is 0. The fraction of sp³-hybridized carbons (Fsp3) is 0.270. The van der Waals surface area contributed by atoms with Crippen LogP contribution >= 0.6 is 11.3 Å². The lowest BCUT2D eigenvalue weighted by Gasteiger charge is -2.45. The Bertz CT molecular complexity index is 1490. The van der Waals surface area contributed by atoms with E-state index in [1.165, 1.54) is 0 Å². The lowest BCUT2D eigenvalue weighted by atomic mass is 9.94. The van der Waals surface area contributed by atoms with E-state index in [0.717, 1.165) is 27.3 Å². The summed E-state index contributed by atoms with van der Waals surface area (Å²) in [5, 5.41) is 2.80. The fourth-order valence-corrected chi connectivity index (χ4v) is 6.07. The molecule has 6 rings (SSSR count). The van der Waals surface area contributed by atoms with Gasteiger partial charge in [-0.3, -0.25) is 0 Å². The number of benzene rings is 4. The van der Waals surface area contributed by atoms with Crippen LogP contribution in [0.2, 0.25) is 0 Å². The van der Waals surface area contributed by atoms with Crippen LogP contribution in [-0.2, 0) is 50.1 Å². The third-order valence-electron chi connectivity index (χ3n) is 7.58. The molecule has 0 bridgehead atoms. The van der Waals surface area contributed by atoms with Crippen LogP contribution < -0.4 is 0 Å². The average Bonchev–Trinajstić information content (AvgIpc) is 3.63. The lowest BCUT2D eigenvalue weighted by Crippen LogP contribution is -2.58. The van der Waals surface area contributed by atoms with Crippen molar-refractivity contribution in [2.75, 3.05) is 6.61 Å². The van der Waals surface area contributed by atoms with Crippen LogP contribution in [0.25, 0.3) is 0 Å². The van der Waals surface area contributed by atoms with Crippen molar-refractivity contribution in [3.63, 3.8) is 0 Å². The molecule has 0 saturated carbocycles. The van der Waals surface area contributed by atoms with Crippen LogP contribution in [0.4, 0.5) is 0 Å². The van der Waals surface area contributed by atoms with E-state index in [9.17, 15) is 0 Å². The molecule has 1 saturated heterocycles. The van der Waals surface area contributed by atoms with Gasteiger partial charge in [0.2, 0.25) is 0 Å². The summed E-state index contributed by atoms with van der Waals surface area (Å²) >= 11 is 1.55. The van der Waals surface area contributed by atoms with Crippen LogP contribution in [0.3, 0.4) is 0 Å². The zero-order valence-corrected chi connectivity index (χ0v) is 25.3. The Morgan fingerprint density at radius 1 is 0.545 bits per heavy atom. The van der Waals surface area contributed by atoms with E-state index in [4.69, 9.17) is 23.7 Å². The highest BCUT2D eigenvalue weighted by Crippen LogP contribution is 2.39. The van der Waals surface area contributed by atoms with Crippen molar-refractivity contribution in [2.45, 2.75) is 56.9 Å². The summed E-state index contributed by atoms with van der Waals surface area (Å²) in [6.45, 7) is 2.01. The van der Waals surface area contributed by atoms with Crippen molar-refractivity contribution >= 4 is 11.3 Å². The zero-order valence-electron chi connectivity index (χ0n) is 24.5. The first kappa shape index (κ1) is 30.3. The molecule has 1 aliphatic heterocycles. The first-order valence-corrected chi connectivity index (χ1v) is 15.8. The first-order valence-electron chi connectivity index (χ1n) is 15.0. The summed E-state index contributed by atoms with van der Waals surface area (Å²) in [5.41, 5.74) is 4.32. The van der Waals surface area contributed by atoms with Crippen molar-refractivity contribution < 1.29 is 23.7 Å². The van der Waals surface area contributed by atoms with E-state index < -0.39 is 30.5 Å². The number of rotatable bonds is 14. The van der Waals surface area contributed by atoms with Crippen molar-refractivity contribution in [2.24, 2.45) is 0 Å². The molecule has 7 heteroatoms. The van der Waals surface area contributed by atoms with Gasteiger partial charge in [0.25, 0.3) is 0 Å². The predicted molar refractivity (Wildman–Crippen MR) is 171 cm³/mol. The van der Waals surface area contributed by atoms with Crippen LogP contribution in [-0.4, -0.2) is 36.0 Å². The van der Waals surface area contributed by atoms with Gasteiger partial charge < -0.3 is 23.7 Å². The van der Waals surface area contributed by atoms with E-state index in [0.29, 0.717) is 33.0 Å². The van der Waals surface area contributed by atoms with Gasteiger partial charge in [0.15, 0.2) is 0 Å². The van der Waals surface area contributed by atoms with E-state index >= 15 is 0 Å². The Hall–Kier alpha value is -3.69. The molecule has 0 N–H and O–H groups in total. The molecule has 0 radical (unpaired) electrons. The first-order chi connectivity index (χ1) is 21.8. The van der Waals surface area contributed by atoms with Crippen molar-refractivity contribution in [3.05, 3.63) is 160 Å². The highest BCUT2D eigenvalue weighted by atomic mass is 32.1. The molecular weight excluding hydrogens is 570 g/mol. The van der Waals surface area contributed by atoms with Gasteiger partial charge in [-0.15, -0.1) is 11.3 Å². The second kappa shape index (κ2) is 15.9. The summed E-state index contributed by atoms with van der Waals surface area (Å²) in [6.07, 6.45) is -0.482. The predicted octanol–water partition coefficient (Wildman–Crippen LogP) is 7.56. The van der Waals surface area contributed by atoms with Crippen molar-refractivity contribution in [3.8, 4) is 0 Å². The zero-order chi connectivity index (χ0) is 29.8. The molecule has 6 nitrogen and oxygen atoms in total. The average molecular weight is 608 g/mol. The molecule has 1 aromatic heterocycles. The largest absolute Gasteiger partial charge is 0.374 e. The molecule has 2 heterocycles. The molecule has 4 aromatic carbocycles. The smallest absolute Gasteiger partial charge is 0.138 e. The number of ether oxygens (including phenoxy) is 5. The Kier molecular flexibility index (Phi) is 10.9. The standard InChI is InChI=1S/C37H37NO5S/c1-5-13-28(14-6-1)23-39-27-32-33(40-24-29-15-7-2-8-16-29)34(41-25-30-17-9-3-10-18-30)35(36(43-32)37-38-21-22-44-37)42-26-31-19-11-4-12-20-31/h1-22,32-36H,23-27H2/t32-,33-,34+,35+,36-/m1/s1. The van der Waals surface area contributed by atoms with E-state index in [-0.39, 0.29) is 0 Å². The minimum atomic E-state index is -0.476. The Morgan fingerprint density at radius 2 is 1.00 bits per heavy atom. The minimum Gasteiger partial charge on any atom is -0.374 e. The van der Waals surface area contributed by atoms with Crippen LogP contribution in [0, 0.1) is 0 Å². The molecule has 1 fully saturated rings. The maximum absolute atomic E-state index is 6.85. The lowest BCUT2D eigenvalue weighted by molar-refractivity contribution is -0.275. The monoisotopic (exact) mass is 607 g/mol. The normalized spacial score (nSPS) is 21.7. The maximum Gasteiger partial charge on any atom is 0.138 e. The summed E-state index contributed by atoms with van der Waals surface area (Å²) in [5.74, 6) is 0. The van der Waals surface area contributed by atoms with E-state index in [2.05, 4.69) is 53.5 Å². The van der Waals surface area contributed by atoms with Crippen molar-refractivity contribution in [1.29, 1.82) is 0 Å². The van der Waals surface area contributed by atoms with Gasteiger partial charge in [0, 0.05) is 11.6 Å². The maximum atomic E-state index is 6.85. The van der Waals surface area contributed by atoms with E-state index in [1.54, 1.807) is 17.5 Å². The molecule has 0 amide bonds. The number of thiazole rings is 1. The second-order valence-electron chi connectivity index (χ2n) is 10.7. The number of aromatic nitrogens is 1. The van der Waals surface area contributed by atoms with Crippen molar-refractivity contribution in [1.82, 2.24) is 4.98 Å². The van der Waals surface area contributed by atoms with Gasteiger partial charge in [-0.2, -0.15) is 0 Å². The molecule has 0 aliphatic carbocycles. The Balaban J connectivity index is 1.31. The molecule has 5 atom stereocenters. The van der Waals surface area contributed by atoms with Gasteiger partial charge in [-0.25, -0.2) is 4.98 Å². The SMILES string of the molecule is c1ccc(COC[C@H]2O[C@@H](c3nccs3)[C@@H](OCc3ccccc3)[C@@H](OCc3ccccc3)[C@@H]2OCc2ccccc2)cc1. The van der Waals surface area contributed by atoms with Crippen LogP contribution in [0.1, 0.15) is 33.4 Å². The number of hydrogen-bond donors (Lipinski definition) is 0.